The lowest BCUT2D eigenvalue weighted by molar-refractivity contribution is -0.124. The fourth-order valence-corrected chi connectivity index (χ4v) is 2.35. The van der Waals surface area contributed by atoms with Crippen LogP contribution in [0.25, 0.3) is 0 Å². The number of hydrogen-bond acceptors (Lipinski definition) is 4. The maximum Gasteiger partial charge on any atom is 0.241 e. The summed E-state index contributed by atoms with van der Waals surface area (Å²) in [6, 6.07) is 4.34. The predicted molar refractivity (Wildman–Crippen MR) is 96.7 cm³/mol. The second kappa shape index (κ2) is 10.5. The molecule has 0 fully saturated rings. The van der Waals surface area contributed by atoms with Crippen LogP contribution < -0.4 is 10.6 Å². The van der Waals surface area contributed by atoms with E-state index in [2.05, 4.69) is 10.6 Å². The second-order valence-electron chi connectivity index (χ2n) is 5.40. The number of benzene rings is 1. The normalized spacial score (nSPS) is 12.1. The molecule has 6 nitrogen and oxygen atoms in total. The van der Waals surface area contributed by atoms with E-state index < -0.39 is 6.04 Å². The summed E-state index contributed by atoms with van der Waals surface area (Å²) in [6.07, 6.45) is 0.747. The van der Waals surface area contributed by atoms with E-state index in [0.29, 0.717) is 28.9 Å². The fraction of sp³-hybridized carbons (Fsp3) is 0.500. The van der Waals surface area contributed by atoms with Crippen LogP contribution in [-0.4, -0.2) is 56.6 Å². The highest BCUT2D eigenvalue weighted by molar-refractivity contribution is 6.36. The standard InChI is InChI=1S/C16H23Cl2N3O3/c1-11(21(2)10-15(22)19-7-4-8-24-3)16(23)20-14-6-5-12(17)9-13(14)18/h5-6,9,11H,4,7-8,10H2,1-3H3,(H,19,22)(H,20,23). The minimum atomic E-state index is -0.499. The minimum absolute atomic E-state index is 0.121. The molecule has 0 saturated heterocycles. The highest BCUT2D eigenvalue weighted by Gasteiger charge is 2.20. The van der Waals surface area contributed by atoms with Crippen LogP contribution in [0.4, 0.5) is 5.69 Å². The summed E-state index contributed by atoms with van der Waals surface area (Å²) in [5.41, 5.74) is 0.482. The maximum atomic E-state index is 12.3. The molecule has 8 heteroatoms. The first-order valence-electron chi connectivity index (χ1n) is 7.57. The number of carbonyl (C=O) groups is 2. The van der Waals surface area contributed by atoms with Crippen molar-refractivity contribution < 1.29 is 14.3 Å². The van der Waals surface area contributed by atoms with Gasteiger partial charge in [0, 0.05) is 25.3 Å². The van der Waals surface area contributed by atoms with Crippen molar-refractivity contribution in [2.45, 2.75) is 19.4 Å². The van der Waals surface area contributed by atoms with Crippen molar-refractivity contribution in [1.82, 2.24) is 10.2 Å². The molecule has 1 atom stereocenters. The number of methoxy groups -OCH3 is 1. The van der Waals surface area contributed by atoms with Gasteiger partial charge < -0.3 is 15.4 Å². The van der Waals surface area contributed by atoms with Crippen molar-refractivity contribution in [2.24, 2.45) is 0 Å². The average molecular weight is 376 g/mol. The van der Waals surface area contributed by atoms with Gasteiger partial charge in [-0.05, 0) is 38.6 Å². The van der Waals surface area contributed by atoms with Crippen LogP contribution >= 0.6 is 23.2 Å². The van der Waals surface area contributed by atoms with Crippen molar-refractivity contribution >= 4 is 40.7 Å². The Bertz CT molecular complexity index is 569. The van der Waals surface area contributed by atoms with E-state index in [-0.39, 0.29) is 18.4 Å². The molecule has 1 aromatic rings. The molecule has 0 saturated carbocycles. The van der Waals surface area contributed by atoms with Gasteiger partial charge in [0.15, 0.2) is 0 Å². The first-order chi connectivity index (χ1) is 11.3. The van der Waals surface area contributed by atoms with Crippen molar-refractivity contribution in [3.63, 3.8) is 0 Å². The van der Waals surface area contributed by atoms with Crippen molar-refractivity contribution in [2.75, 3.05) is 39.2 Å². The summed E-state index contributed by atoms with van der Waals surface area (Å²) < 4.78 is 4.91. The highest BCUT2D eigenvalue weighted by Crippen LogP contribution is 2.25. The topological polar surface area (TPSA) is 70.7 Å². The van der Waals surface area contributed by atoms with Gasteiger partial charge >= 0.3 is 0 Å². The zero-order chi connectivity index (χ0) is 18.1. The fourth-order valence-electron chi connectivity index (χ4n) is 1.89. The molecule has 0 spiro atoms. The van der Waals surface area contributed by atoms with Gasteiger partial charge in [0.2, 0.25) is 11.8 Å². The Kier molecular flexibility index (Phi) is 9.07. The van der Waals surface area contributed by atoms with Gasteiger partial charge in [-0.1, -0.05) is 23.2 Å². The number of carbonyl (C=O) groups excluding carboxylic acids is 2. The smallest absolute Gasteiger partial charge is 0.241 e. The van der Waals surface area contributed by atoms with Gasteiger partial charge in [-0.25, -0.2) is 0 Å². The van der Waals surface area contributed by atoms with E-state index >= 15 is 0 Å². The molecule has 24 heavy (non-hydrogen) atoms. The third-order valence-corrected chi connectivity index (χ3v) is 4.02. The third kappa shape index (κ3) is 7.05. The molecule has 2 N–H and O–H groups in total. The Morgan fingerprint density at radius 3 is 2.67 bits per heavy atom. The number of likely N-dealkylation sites (N-methyl/N-ethyl adjacent to an activating group) is 1. The average Bonchev–Trinajstić information content (AvgIpc) is 2.53. The van der Waals surface area contributed by atoms with E-state index in [1.54, 1.807) is 44.2 Å². The Labute approximate surface area is 152 Å². The van der Waals surface area contributed by atoms with Gasteiger partial charge in [-0.15, -0.1) is 0 Å². The number of ether oxygens (including phenoxy) is 1. The van der Waals surface area contributed by atoms with Crippen LogP contribution in [-0.2, 0) is 14.3 Å². The largest absolute Gasteiger partial charge is 0.385 e. The van der Waals surface area contributed by atoms with Crippen LogP contribution in [0.5, 0.6) is 0 Å². The summed E-state index contributed by atoms with van der Waals surface area (Å²) in [6.45, 7) is 2.98. The molecule has 1 aromatic carbocycles. The van der Waals surface area contributed by atoms with Crippen LogP contribution in [0, 0.1) is 0 Å². The van der Waals surface area contributed by atoms with Crippen LogP contribution in [0.1, 0.15) is 13.3 Å². The molecule has 2 amide bonds. The molecule has 0 bridgehead atoms. The van der Waals surface area contributed by atoms with Gasteiger partial charge in [-0.2, -0.15) is 0 Å². The Morgan fingerprint density at radius 2 is 2.04 bits per heavy atom. The molecule has 134 valence electrons. The Hall–Kier alpha value is -1.34. The summed E-state index contributed by atoms with van der Waals surface area (Å²) in [4.78, 5) is 25.8. The third-order valence-electron chi connectivity index (χ3n) is 3.47. The zero-order valence-electron chi connectivity index (χ0n) is 14.1. The number of nitrogens with one attached hydrogen (secondary N) is 2. The van der Waals surface area contributed by atoms with E-state index in [9.17, 15) is 9.59 Å². The first-order valence-corrected chi connectivity index (χ1v) is 8.32. The zero-order valence-corrected chi connectivity index (χ0v) is 15.6. The molecule has 0 aliphatic heterocycles. The van der Waals surface area contributed by atoms with Crippen molar-refractivity contribution in [3.8, 4) is 0 Å². The maximum absolute atomic E-state index is 12.3. The van der Waals surface area contributed by atoms with E-state index in [4.69, 9.17) is 27.9 Å². The molecular weight excluding hydrogens is 353 g/mol. The van der Waals surface area contributed by atoms with Gasteiger partial charge in [0.05, 0.1) is 23.3 Å². The predicted octanol–water partition coefficient (Wildman–Crippen LogP) is 2.40. The first kappa shape index (κ1) is 20.7. The lowest BCUT2D eigenvalue weighted by Gasteiger charge is -2.23. The second-order valence-corrected chi connectivity index (χ2v) is 6.24. The van der Waals surface area contributed by atoms with Crippen LogP contribution in [0.2, 0.25) is 10.0 Å². The van der Waals surface area contributed by atoms with Crippen LogP contribution in [0.3, 0.4) is 0 Å². The molecular formula is C16H23Cl2N3O3. The Balaban J connectivity index is 2.47. The molecule has 0 aliphatic rings. The summed E-state index contributed by atoms with van der Waals surface area (Å²) in [7, 11) is 3.32. The minimum Gasteiger partial charge on any atom is -0.385 e. The molecule has 0 heterocycles. The SMILES string of the molecule is COCCCNC(=O)CN(C)C(C)C(=O)Nc1ccc(Cl)cc1Cl. The lowest BCUT2D eigenvalue weighted by atomic mass is 10.2. The summed E-state index contributed by atoms with van der Waals surface area (Å²) >= 11 is 11.9. The number of amides is 2. The summed E-state index contributed by atoms with van der Waals surface area (Å²) in [5, 5.41) is 6.37. The molecule has 1 rings (SSSR count). The quantitative estimate of drug-likeness (QED) is 0.650. The van der Waals surface area contributed by atoms with Gasteiger partial charge in [-0.3, -0.25) is 14.5 Å². The van der Waals surface area contributed by atoms with E-state index in [1.165, 1.54) is 0 Å². The number of anilines is 1. The molecule has 1 unspecified atom stereocenters. The lowest BCUT2D eigenvalue weighted by Crippen LogP contribution is -2.45. The molecule has 0 radical (unpaired) electrons. The van der Waals surface area contributed by atoms with E-state index in [1.807, 2.05) is 0 Å². The van der Waals surface area contributed by atoms with Gasteiger partial charge in [0.1, 0.15) is 0 Å². The Morgan fingerprint density at radius 1 is 1.33 bits per heavy atom. The van der Waals surface area contributed by atoms with Gasteiger partial charge in [0.25, 0.3) is 0 Å². The number of nitrogens with zero attached hydrogens (tertiary/aromatic N) is 1. The van der Waals surface area contributed by atoms with Crippen molar-refractivity contribution in [3.05, 3.63) is 28.2 Å². The number of halogens is 2. The van der Waals surface area contributed by atoms with Crippen LogP contribution in [0.15, 0.2) is 18.2 Å². The molecule has 0 aliphatic carbocycles. The summed E-state index contributed by atoms with van der Waals surface area (Å²) in [5.74, 6) is -0.397. The monoisotopic (exact) mass is 375 g/mol. The molecule has 0 aromatic heterocycles. The van der Waals surface area contributed by atoms with Crippen molar-refractivity contribution in [1.29, 1.82) is 0 Å². The van der Waals surface area contributed by atoms with E-state index in [0.717, 1.165) is 6.42 Å². The highest BCUT2D eigenvalue weighted by atomic mass is 35.5. The number of rotatable bonds is 9. The number of hydrogen-bond donors (Lipinski definition) is 2.